The molecule has 2 aromatic heterocycles. The van der Waals surface area contributed by atoms with Gasteiger partial charge in [0.15, 0.2) is 15.5 Å². The first-order valence-corrected chi connectivity index (χ1v) is 9.22. The topological polar surface area (TPSA) is 69.8 Å². The van der Waals surface area contributed by atoms with Crippen molar-refractivity contribution in [1.82, 2.24) is 19.3 Å². The summed E-state index contributed by atoms with van der Waals surface area (Å²) in [5.41, 5.74) is 2.48. The highest BCUT2D eigenvalue weighted by atomic mass is 35.5. The Kier molecular flexibility index (Phi) is 3.52. The average Bonchev–Trinajstić information content (AvgIpc) is 2.98. The monoisotopic (exact) mass is 330 g/mol. The smallest absolute Gasteiger partial charge is 0.158 e. The molecule has 1 fully saturated rings. The summed E-state index contributed by atoms with van der Waals surface area (Å²) in [6, 6.07) is 0. The van der Waals surface area contributed by atoms with Gasteiger partial charge in [-0.05, 0) is 26.7 Å². The molecule has 2 atom stereocenters. The third-order valence-corrected chi connectivity index (χ3v) is 6.58. The summed E-state index contributed by atoms with van der Waals surface area (Å²) in [5, 5.41) is 3.74. The lowest BCUT2D eigenvalue weighted by Gasteiger charge is -2.15. The molecule has 0 aliphatic carbocycles. The molecule has 0 N–H and O–H groups in total. The van der Waals surface area contributed by atoms with Crippen LogP contribution in [0.5, 0.6) is 0 Å². The van der Waals surface area contributed by atoms with E-state index in [-0.39, 0.29) is 16.4 Å². The molecule has 1 saturated heterocycles. The van der Waals surface area contributed by atoms with Gasteiger partial charge in [0, 0.05) is 13.6 Å². The van der Waals surface area contributed by atoms with Crippen LogP contribution in [-0.4, -0.2) is 38.8 Å². The van der Waals surface area contributed by atoms with Crippen LogP contribution >= 0.6 is 11.6 Å². The SMILES string of the molecule is Cc1nn(C)c2c1nc(C(C)Cl)n2CC1CCCS1(=O)=O. The Morgan fingerprint density at radius 3 is 2.76 bits per heavy atom. The maximum absolute atomic E-state index is 12.1. The van der Waals surface area contributed by atoms with Crippen LogP contribution in [0.15, 0.2) is 0 Å². The summed E-state index contributed by atoms with van der Waals surface area (Å²) in [6.45, 7) is 4.16. The Hall–Kier alpha value is -1.08. The van der Waals surface area contributed by atoms with Crippen molar-refractivity contribution in [3.63, 3.8) is 0 Å². The minimum atomic E-state index is -3.00. The zero-order valence-electron chi connectivity index (χ0n) is 12.4. The van der Waals surface area contributed by atoms with Gasteiger partial charge < -0.3 is 4.57 Å². The van der Waals surface area contributed by atoms with Gasteiger partial charge in [-0.1, -0.05) is 0 Å². The van der Waals surface area contributed by atoms with E-state index in [0.29, 0.717) is 18.8 Å². The number of rotatable bonds is 3. The van der Waals surface area contributed by atoms with Crippen molar-refractivity contribution >= 4 is 32.6 Å². The zero-order valence-corrected chi connectivity index (χ0v) is 13.9. The Morgan fingerprint density at radius 1 is 1.48 bits per heavy atom. The quantitative estimate of drug-likeness (QED) is 0.807. The van der Waals surface area contributed by atoms with Crippen molar-refractivity contribution in [1.29, 1.82) is 0 Å². The molecule has 2 aromatic rings. The van der Waals surface area contributed by atoms with E-state index in [2.05, 4.69) is 10.1 Å². The number of imidazole rings is 1. The predicted molar refractivity (Wildman–Crippen MR) is 82.3 cm³/mol. The number of hydrogen-bond donors (Lipinski definition) is 0. The molecule has 0 aromatic carbocycles. The predicted octanol–water partition coefficient (Wildman–Crippen LogP) is 1.96. The van der Waals surface area contributed by atoms with Gasteiger partial charge in [-0.3, -0.25) is 4.68 Å². The lowest BCUT2D eigenvalue weighted by Crippen LogP contribution is -2.24. The molecule has 2 unspecified atom stereocenters. The lowest BCUT2D eigenvalue weighted by molar-refractivity contribution is 0.556. The van der Waals surface area contributed by atoms with Crippen LogP contribution in [-0.2, 0) is 23.4 Å². The Bertz CT molecular complexity index is 791. The second kappa shape index (κ2) is 4.98. The van der Waals surface area contributed by atoms with E-state index in [0.717, 1.165) is 23.3 Å². The number of aromatic nitrogens is 4. The fourth-order valence-electron chi connectivity index (χ4n) is 3.10. The molecule has 0 bridgehead atoms. The summed E-state index contributed by atoms with van der Waals surface area (Å²) < 4.78 is 27.9. The number of alkyl halides is 1. The molecule has 3 rings (SSSR count). The molecule has 8 heteroatoms. The summed E-state index contributed by atoms with van der Waals surface area (Å²) >= 11 is 6.24. The standard InChI is InChI=1S/C13H19ClN4O2S/c1-8(14)12-15-11-9(2)16-17(3)13(11)18(12)7-10-5-4-6-21(10,19)20/h8,10H,4-7H2,1-3H3. The molecule has 0 amide bonds. The summed E-state index contributed by atoms with van der Waals surface area (Å²) in [4.78, 5) is 4.58. The first-order valence-electron chi connectivity index (χ1n) is 7.06. The van der Waals surface area contributed by atoms with Gasteiger partial charge in [0.2, 0.25) is 0 Å². The molecular formula is C13H19ClN4O2S. The second-order valence-electron chi connectivity index (χ2n) is 5.71. The van der Waals surface area contributed by atoms with E-state index in [4.69, 9.17) is 11.6 Å². The molecular weight excluding hydrogens is 312 g/mol. The lowest BCUT2D eigenvalue weighted by atomic mass is 10.2. The van der Waals surface area contributed by atoms with Crippen LogP contribution < -0.4 is 0 Å². The van der Waals surface area contributed by atoms with E-state index in [1.54, 1.807) is 4.68 Å². The molecule has 3 heterocycles. The van der Waals surface area contributed by atoms with E-state index in [1.165, 1.54) is 0 Å². The van der Waals surface area contributed by atoms with Crippen LogP contribution in [0.2, 0.25) is 0 Å². The van der Waals surface area contributed by atoms with Gasteiger partial charge in [0.25, 0.3) is 0 Å². The highest BCUT2D eigenvalue weighted by Gasteiger charge is 2.33. The number of halogens is 1. The van der Waals surface area contributed by atoms with E-state index in [1.807, 2.05) is 25.5 Å². The number of sulfone groups is 1. The Balaban J connectivity index is 2.13. The van der Waals surface area contributed by atoms with Gasteiger partial charge in [-0.15, -0.1) is 11.6 Å². The third kappa shape index (κ3) is 2.36. The number of fused-ring (bicyclic) bond motifs is 1. The maximum atomic E-state index is 12.1. The van der Waals surface area contributed by atoms with E-state index in [9.17, 15) is 8.42 Å². The molecule has 21 heavy (non-hydrogen) atoms. The van der Waals surface area contributed by atoms with E-state index >= 15 is 0 Å². The Morgan fingerprint density at radius 2 is 2.19 bits per heavy atom. The molecule has 0 spiro atoms. The highest BCUT2D eigenvalue weighted by Crippen LogP contribution is 2.29. The third-order valence-electron chi connectivity index (χ3n) is 4.12. The number of aryl methyl sites for hydroxylation is 2. The summed E-state index contributed by atoms with van der Waals surface area (Å²) in [5.74, 6) is 0.996. The van der Waals surface area contributed by atoms with Crippen molar-refractivity contribution in [2.75, 3.05) is 5.75 Å². The molecule has 6 nitrogen and oxygen atoms in total. The fraction of sp³-hybridized carbons (Fsp3) is 0.692. The van der Waals surface area contributed by atoms with Crippen molar-refractivity contribution in [3.8, 4) is 0 Å². The molecule has 1 aliphatic rings. The molecule has 0 saturated carbocycles. The van der Waals surface area contributed by atoms with Crippen LogP contribution in [0.4, 0.5) is 0 Å². The Labute approximate surface area is 129 Å². The van der Waals surface area contributed by atoms with Crippen molar-refractivity contribution in [2.45, 2.75) is 43.9 Å². The fourth-order valence-corrected chi connectivity index (χ4v) is 5.07. The van der Waals surface area contributed by atoms with Crippen LogP contribution in [0.1, 0.15) is 36.7 Å². The first-order chi connectivity index (χ1) is 9.81. The number of nitrogens with zero attached hydrogens (tertiary/aromatic N) is 4. The minimum Gasteiger partial charge on any atom is -0.310 e. The molecule has 0 radical (unpaired) electrons. The normalized spacial score (nSPS) is 23.0. The average molecular weight is 331 g/mol. The van der Waals surface area contributed by atoms with Gasteiger partial charge >= 0.3 is 0 Å². The van der Waals surface area contributed by atoms with E-state index < -0.39 is 9.84 Å². The summed E-state index contributed by atoms with van der Waals surface area (Å²) in [7, 11) is -1.16. The zero-order chi connectivity index (χ0) is 15.4. The van der Waals surface area contributed by atoms with Crippen LogP contribution in [0.3, 0.4) is 0 Å². The van der Waals surface area contributed by atoms with Crippen LogP contribution in [0, 0.1) is 6.92 Å². The van der Waals surface area contributed by atoms with Crippen molar-refractivity contribution < 1.29 is 8.42 Å². The minimum absolute atomic E-state index is 0.277. The summed E-state index contributed by atoms with van der Waals surface area (Å²) in [6.07, 6.45) is 1.44. The largest absolute Gasteiger partial charge is 0.310 e. The first kappa shape index (κ1) is 14.8. The van der Waals surface area contributed by atoms with Crippen LogP contribution in [0.25, 0.3) is 11.2 Å². The van der Waals surface area contributed by atoms with Crippen molar-refractivity contribution in [3.05, 3.63) is 11.5 Å². The molecule has 1 aliphatic heterocycles. The van der Waals surface area contributed by atoms with Gasteiger partial charge in [-0.25, -0.2) is 13.4 Å². The van der Waals surface area contributed by atoms with Gasteiger partial charge in [-0.2, -0.15) is 5.10 Å². The highest BCUT2D eigenvalue weighted by molar-refractivity contribution is 7.92. The van der Waals surface area contributed by atoms with Gasteiger partial charge in [0.05, 0.1) is 22.1 Å². The van der Waals surface area contributed by atoms with Gasteiger partial charge in [0.1, 0.15) is 11.3 Å². The second-order valence-corrected chi connectivity index (χ2v) is 8.76. The molecule has 116 valence electrons. The maximum Gasteiger partial charge on any atom is 0.158 e. The van der Waals surface area contributed by atoms with Crippen molar-refractivity contribution in [2.24, 2.45) is 7.05 Å². The number of hydrogen-bond acceptors (Lipinski definition) is 4.